The SMILES string of the molecule is O=C(NC1CCS(=O)(=O)C1)c1ccccc1CSc1nc2ccccc2[nH]1. The van der Waals surface area contributed by atoms with Gasteiger partial charge in [-0.05, 0) is 30.2 Å². The first-order chi connectivity index (χ1) is 13.0. The van der Waals surface area contributed by atoms with Crippen LogP contribution in [0.1, 0.15) is 22.3 Å². The summed E-state index contributed by atoms with van der Waals surface area (Å²) in [5, 5.41) is 3.66. The Labute approximate surface area is 161 Å². The molecule has 1 unspecified atom stereocenters. The number of benzene rings is 2. The molecule has 8 heteroatoms. The summed E-state index contributed by atoms with van der Waals surface area (Å²) in [6, 6.07) is 14.9. The topological polar surface area (TPSA) is 91.9 Å². The predicted octanol–water partition coefficient (Wildman–Crippen LogP) is 2.77. The fraction of sp³-hybridized carbons (Fsp3) is 0.263. The molecule has 1 amide bonds. The molecule has 6 nitrogen and oxygen atoms in total. The van der Waals surface area contributed by atoms with Gasteiger partial charge in [0.15, 0.2) is 15.0 Å². The Balaban J connectivity index is 1.46. The molecule has 1 atom stereocenters. The number of thioether (sulfide) groups is 1. The number of rotatable bonds is 5. The second-order valence-corrected chi connectivity index (χ2v) is 9.77. The van der Waals surface area contributed by atoms with E-state index in [4.69, 9.17) is 0 Å². The molecule has 1 aromatic heterocycles. The van der Waals surface area contributed by atoms with Crippen molar-refractivity contribution in [2.24, 2.45) is 0 Å². The van der Waals surface area contributed by atoms with Crippen LogP contribution in [0.25, 0.3) is 11.0 Å². The third-order valence-electron chi connectivity index (χ3n) is 4.56. The van der Waals surface area contributed by atoms with E-state index in [2.05, 4.69) is 15.3 Å². The molecule has 2 aromatic carbocycles. The number of fused-ring (bicyclic) bond motifs is 1. The number of nitrogens with zero attached hydrogens (tertiary/aromatic N) is 1. The number of carbonyl (C=O) groups is 1. The molecular formula is C19H19N3O3S2. The van der Waals surface area contributed by atoms with E-state index in [0.717, 1.165) is 21.8 Å². The van der Waals surface area contributed by atoms with Crippen molar-refractivity contribution in [3.63, 3.8) is 0 Å². The largest absolute Gasteiger partial charge is 0.348 e. The highest BCUT2D eigenvalue weighted by molar-refractivity contribution is 7.98. The van der Waals surface area contributed by atoms with E-state index in [1.165, 1.54) is 11.8 Å². The molecule has 0 saturated carbocycles. The molecule has 1 aliphatic rings. The lowest BCUT2D eigenvalue weighted by Gasteiger charge is -2.13. The maximum Gasteiger partial charge on any atom is 0.251 e. The second-order valence-electron chi connectivity index (χ2n) is 6.58. The lowest BCUT2D eigenvalue weighted by molar-refractivity contribution is 0.0940. The number of aromatic nitrogens is 2. The number of imidazole rings is 1. The molecule has 2 heterocycles. The van der Waals surface area contributed by atoms with Crippen LogP contribution in [-0.2, 0) is 15.6 Å². The Hall–Kier alpha value is -2.32. The number of aromatic amines is 1. The van der Waals surface area contributed by atoms with Gasteiger partial charge in [-0.2, -0.15) is 0 Å². The van der Waals surface area contributed by atoms with Crippen molar-refractivity contribution in [2.45, 2.75) is 23.4 Å². The summed E-state index contributed by atoms with van der Waals surface area (Å²) in [6.45, 7) is 0. The van der Waals surface area contributed by atoms with Crippen LogP contribution in [0.3, 0.4) is 0 Å². The molecule has 0 bridgehead atoms. The zero-order chi connectivity index (χ0) is 18.9. The van der Waals surface area contributed by atoms with Crippen molar-refractivity contribution in [1.82, 2.24) is 15.3 Å². The van der Waals surface area contributed by atoms with E-state index in [-0.39, 0.29) is 23.5 Å². The lowest BCUT2D eigenvalue weighted by atomic mass is 10.1. The van der Waals surface area contributed by atoms with Gasteiger partial charge in [0.25, 0.3) is 5.91 Å². The number of H-pyrrole nitrogens is 1. The minimum Gasteiger partial charge on any atom is -0.348 e. The summed E-state index contributed by atoms with van der Waals surface area (Å²) < 4.78 is 23.2. The average molecular weight is 402 g/mol. The molecule has 3 aromatic rings. The van der Waals surface area contributed by atoms with Crippen LogP contribution in [0.15, 0.2) is 53.7 Å². The molecule has 0 radical (unpaired) electrons. The van der Waals surface area contributed by atoms with Crippen molar-refractivity contribution in [3.8, 4) is 0 Å². The zero-order valence-electron chi connectivity index (χ0n) is 14.5. The van der Waals surface area contributed by atoms with Crippen LogP contribution in [-0.4, -0.2) is 41.8 Å². The number of carbonyl (C=O) groups excluding carboxylic acids is 1. The van der Waals surface area contributed by atoms with Gasteiger partial charge in [-0.1, -0.05) is 42.1 Å². The number of hydrogen-bond acceptors (Lipinski definition) is 5. The first-order valence-corrected chi connectivity index (χ1v) is 11.5. The van der Waals surface area contributed by atoms with E-state index < -0.39 is 9.84 Å². The van der Waals surface area contributed by atoms with Crippen molar-refractivity contribution >= 4 is 38.5 Å². The summed E-state index contributed by atoms with van der Waals surface area (Å²) in [5.41, 5.74) is 3.36. The summed E-state index contributed by atoms with van der Waals surface area (Å²) in [5.74, 6) is 0.528. The first kappa shape index (κ1) is 18.1. The average Bonchev–Trinajstić information content (AvgIpc) is 3.22. The number of sulfone groups is 1. The van der Waals surface area contributed by atoms with E-state index in [1.54, 1.807) is 6.07 Å². The molecule has 2 N–H and O–H groups in total. The quantitative estimate of drug-likeness (QED) is 0.642. The van der Waals surface area contributed by atoms with Crippen molar-refractivity contribution in [2.75, 3.05) is 11.5 Å². The molecule has 0 aliphatic carbocycles. The van der Waals surface area contributed by atoms with E-state index in [9.17, 15) is 13.2 Å². The molecular weight excluding hydrogens is 382 g/mol. The Morgan fingerprint density at radius 3 is 2.74 bits per heavy atom. The summed E-state index contributed by atoms with van der Waals surface area (Å²) >= 11 is 1.53. The monoisotopic (exact) mass is 401 g/mol. The minimum atomic E-state index is -3.02. The fourth-order valence-electron chi connectivity index (χ4n) is 3.18. The van der Waals surface area contributed by atoms with Crippen LogP contribution < -0.4 is 5.32 Å². The van der Waals surface area contributed by atoms with Gasteiger partial charge in [0.1, 0.15) is 0 Å². The highest BCUT2D eigenvalue weighted by Crippen LogP contribution is 2.25. The summed E-state index contributed by atoms with van der Waals surface area (Å²) in [7, 11) is -3.02. The lowest BCUT2D eigenvalue weighted by Crippen LogP contribution is -2.36. The van der Waals surface area contributed by atoms with Crippen LogP contribution in [0.5, 0.6) is 0 Å². The second kappa shape index (κ2) is 7.36. The van der Waals surface area contributed by atoms with Gasteiger partial charge in [-0.3, -0.25) is 4.79 Å². The normalized spacial score (nSPS) is 18.6. The fourth-order valence-corrected chi connectivity index (χ4v) is 5.75. The molecule has 27 heavy (non-hydrogen) atoms. The van der Waals surface area contributed by atoms with Crippen molar-refractivity contribution in [3.05, 3.63) is 59.7 Å². The third-order valence-corrected chi connectivity index (χ3v) is 7.25. The first-order valence-electron chi connectivity index (χ1n) is 8.67. The summed E-state index contributed by atoms with van der Waals surface area (Å²) in [6.07, 6.45) is 0.476. The van der Waals surface area contributed by atoms with Gasteiger partial charge in [0.2, 0.25) is 0 Å². The Morgan fingerprint density at radius 2 is 1.96 bits per heavy atom. The highest BCUT2D eigenvalue weighted by Gasteiger charge is 2.29. The number of para-hydroxylation sites is 2. The summed E-state index contributed by atoms with van der Waals surface area (Å²) in [4.78, 5) is 20.5. The van der Waals surface area contributed by atoms with Crippen LogP contribution in [0.4, 0.5) is 0 Å². The maximum atomic E-state index is 12.6. The van der Waals surface area contributed by atoms with Gasteiger partial charge in [-0.15, -0.1) is 0 Å². The van der Waals surface area contributed by atoms with Gasteiger partial charge in [0.05, 0.1) is 22.5 Å². The van der Waals surface area contributed by atoms with Gasteiger partial charge in [0, 0.05) is 17.4 Å². The molecule has 1 fully saturated rings. The van der Waals surface area contributed by atoms with E-state index in [0.29, 0.717) is 17.7 Å². The molecule has 140 valence electrons. The minimum absolute atomic E-state index is 0.0225. The van der Waals surface area contributed by atoms with Crippen LogP contribution in [0, 0.1) is 0 Å². The Kier molecular flexibility index (Phi) is 4.92. The zero-order valence-corrected chi connectivity index (χ0v) is 16.1. The highest BCUT2D eigenvalue weighted by atomic mass is 32.2. The van der Waals surface area contributed by atoms with Gasteiger partial charge < -0.3 is 10.3 Å². The molecule has 1 aliphatic heterocycles. The Morgan fingerprint density at radius 1 is 1.19 bits per heavy atom. The molecule has 1 saturated heterocycles. The smallest absolute Gasteiger partial charge is 0.251 e. The number of amides is 1. The predicted molar refractivity (Wildman–Crippen MR) is 107 cm³/mol. The van der Waals surface area contributed by atoms with Crippen molar-refractivity contribution < 1.29 is 13.2 Å². The number of hydrogen-bond donors (Lipinski definition) is 2. The van der Waals surface area contributed by atoms with E-state index >= 15 is 0 Å². The maximum absolute atomic E-state index is 12.6. The van der Waals surface area contributed by atoms with Gasteiger partial charge in [-0.25, -0.2) is 13.4 Å². The van der Waals surface area contributed by atoms with Gasteiger partial charge >= 0.3 is 0 Å². The Bertz CT molecular complexity index is 1060. The molecule has 0 spiro atoms. The van der Waals surface area contributed by atoms with Crippen LogP contribution >= 0.6 is 11.8 Å². The van der Waals surface area contributed by atoms with Crippen molar-refractivity contribution in [1.29, 1.82) is 0 Å². The number of nitrogens with one attached hydrogen (secondary N) is 2. The van der Waals surface area contributed by atoms with Crippen LogP contribution in [0.2, 0.25) is 0 Å². The van der Waals surface area contributed by atoms with E-state index in [1.807, 2.05) is 42.5 Å². The third kappa shape index (κ3) is 4.17. The standard InChI is InChI=1S/C19H19N3O3S2/c23-18(20-14-9-10-27(24,25)12-14)15-6-2-1-5-13(15)11-26-19-21-16-7-3-4-8-17(16)22-19/h1-8,14H,9-12H2,(H,20,23)(H,21,22). The molecule has 4 rings (SSSR count).